The van der Waals surface area contributed by atoms with E-state index < -0.39 is 0 Å². The molecule has 0 aliphatic carbocycles. The maximum atomic E-state index is 5.85. The molecule has 0 aliphatic rings. The van der Waals surface area contributed by atoms with Crippen molar-refractivity contribution in [2.24, 2.45) is 0 Å². The quantitative estimate of drug-likeness (QED) is 0.869. The summed E-state index contributed by atoms with van der Waals surface area (Å²) in [6.07, 6.45) is 1.08. The Kier molecular flexibility index (Phi) is 4.45. The van der Waals surface area contributed by atoms with Gasteiger partial charge in [-0.2, -0.15) is 4.98 Å². The minimum atomic E-state index is 0.0453. The molecule has 0 spiro atoms. The van der Waals surface area contributed by atoms with Crippen molar-refractivity contribution in [2.45, 2.75) is 33.3 Å². The number of hydrogen-bond donors (Lipinski definition) is 2. The largest absolute Gasteiger partial charge is 0.473 e. The molecule has 0 amide bonds. The van der Waals surface area contributed by atoms with E-state index in [1.807, 2.05) is 32.0 Å². The predicted octanol–water partition coefficient (Wildman–Crippen LogP) is 3.76. The highest BCUT2D eigenvalue weighted by Gasteiger charge is 2.06. The Labute approximate surface area is 120 Å². The number of ether oxygens (including phenoxy) is 1. The van der Waals surface area contributed by atoms with Crippen LogP contribution in [0.5, 0.6) is 5.88 Å². The number of hydrogen-bond acceptors (Lipinski definition) is 4. The van der Waals surface area contributed by atoms with Crippen LogP contribution in [-0.2, 0) is 6.42 Å². The van der Waals surface area contributed by atoms with E-state index in [1.165, 1.54) is 5.56 Å². The molecule has 0 aliphatic heterocycles. The standard InChI is InChI=1S/C16H21N3O/c1-4-12-5-7-13(8-6-12)18-15-10-9-14(17)16(19-15)20-11(2)3/h5-11H,4,17H2,1-3H3,(H,18,19). The molecule has 0 fully saturated rings. The molecule has 1 aromatic carbocycles. The fraction of sp³-hybridized carbons (Fsp3) is 0.312. The second-order valence-corrected chi connectivity index (χ2v) is 4.93. The van der Waals surface area contributed by atoms with Gasteiger partial charge < -0.3 is 15.8 Å². The van der Waals surface area contributed by atoms with Crippen molar-refractivity contribution in [1.82, 2.24) is 4.98 Å². The Balaban J connectivity index is 2.16. The lowest BCUT2D eigenvalue weighted by Gasteiger charge is -2.13. The second kappa shape index (κ2) is 6.28. The summed E-state index contributed by atoms with van der Waals surface area (Å²) in [6.45, 7) is 6.04. The molecule has 2 rings (SSSR count). The first-order valence-corrected chi connectivity index (χ1v) is 6.87. The van der Waals surface area contributed by atoms with Gasteiger partial charge in [0, 0.05) is 5.69 Å². The molecule has 0 unspecified atom stereocenters. The number of aromatic nitrogens is 1. The lowest BCUT2D eigenvalue weighted by molar-refractivity contribution is 0.234. The molecule has 20 heavy (non-hydrogen) atoms. The number of benzene rings is 1. The van der Waals surface area contributed by atoms with Gasteiger partial charge in [0.1, 0.15) is 5.82 Å². The Morgan fingerprint density at radius 1 is 1.15 bits per heavy atom. The minimum absolute atomic E-state index is 0.0453. The van der Waals surface area contributed by atoms with Crippen molar-refractivity contribution in [3.63, 3.8) is 0 Å². The average molecular weight is 271 g/mol. The van der Waals surface area contributed by atoms with Gasteiger partial charge in [-0.1, -0.05) is 19.1 Å². The van der Waals surface area contributed by atoms with E-state index in [2.05, 4.69) is 29.4 Å². The summed E-state index contributed by atoms with van der Waals surface area (Å²) in [5, 5.41) is 3.25. The molecule has 3 N–H and O–H groups in total. The van der Waals surface area contributed by atoms with E-state index in [9.17, 15) is 0 Å². The molecule has 0 saturated heterocycles. The minimum Gasteiger partial charge on any atom is -0.473 e. The van der Waals surface area contributed by atoms with Crippen molar-refractivity contribution < 1.29 is 4.74 Å². The zero-order valence-corrected chi connectivity index (χ0v) is 12.2. The highest BCUT2D eigenvalue weighted by molar-refractivity contribution is 5.60. The molecule has 106 valence electrons. The molecule has 0 bridgehead atoms. The van der Waals surface area contributed by atoms with Gasteiger partial charge in [0.2, 0.25) is 5.88 Å². The predicted molar refractivity (Wildman–Crippen MR) is 83.5 cm³/mol. The van der Waals surface area contributed by atoms with Gasteiger partial charge in [0.05, 0.1) is 11.8 Å². The van der Waals surface area contributed by atoms with Gasteiger partial charge in [-0.3, -0.25) is 0 Å². The molecular weight excluding hydrogens is 250 g/mol. The summed E-state index contributed by atoms with van der Waals surface area (Å²) in [7, 11) is 0. The fourth-order valence-corrected chi connectivity index (χ4v) is 1.81. The maximum absolute atomic E-state index is 5.85. The molecule has 1 aromatic heterocycles. The molecule has 4 nitrogen and oxygen atoms in total. The van der Waals surface area contributed by atoms with Crippen molar-refractivity contribution in [1.29, 1.82) is 0 Å². The first-order chi connectivity index (χ1) is 9.58. The number of pyridine rings is 1. The van der Waals surface area contributed by atoms with Crippen LogP contribution < -0.4 is 15.8 Å². The van der Waals surface area contributed by atoms with Gasteiger partial charge in [0.25, 0.3) is 0 Å². The Morgan fingerprint density at radius 2 is 1.85 bits per heavy atom. The van der Waals surface area contributed by atoms with Crippen LogP contribution in [0.1, 0.15) is 26.3 Å². The Bertz CT molecular complexity index is 564. The molecule has 2 aromatic rings. The van der Waals surface area contributed by atoms with Crippen LogP contribution in [0.4, 0.5) is 17.2 Å². The molecule has 1 heterocycles. The van der Waals surface area contributed by atoms with Gasteiger partial charge in [-0.05, 0) is 50.1 Å². The summed E-state index contributed by atoms with van der Waals surface area (Å²) in [6, 6.07) is 11.9. The summed E-state index contributed by atoms with van der Waals surface area (Å²) in [5.74, 6) is 1.19. The highest BCUT2D eigenvalue weighted by Crippen LogP contribution is 2.24. The lowest BCUT2D eigenvalue weighted by atomic mass is 10.1. The Hall–Kier alpha value is -2.23. The summed E-state index contributed by atoms with van der Waals surface area (Å²) in [4.78, 5) is 4.39. The van der Waals surface area contributed by atoms with Crippen LogP contribution in [-0.4, -0.2) is 11.1 Å². The first kappa shape index (κ1) is 14.2. The number of anilines is 3. The van der Waals surface area contributed by atoms with Crippen LogP contribution in [0.15, 0.2) is 36.4 Å². The maximum Gasteiger partial charge on any atom is 0.239 e. The second-order valence-electron chi connectivity index (χ2n) is 4.93. The third kappa shape index (κ3) is 3.63. The number of nitrogens with one attached hydrogen (secondary N) is 1. The van der Waals surface area contributed by atoms with Gasteiger partial charge in [0.15, 0.2) is 0 Å². The zero-order valence-electron chi connectivity index (χ0n) is 12.2. The summed E-state index contributed by atoms with van der Waals surface area (Å²) < 4.78 is 5.58. The van der Waals surface area contributed by atoms with Crippen molar-refractivity contribution in [3.8, 4) is 5.88 Å². The number of nitrogens with two attached hydrogens (primary N) is 1. The van der Waals surface area contributed by atoms with E-state index in [4.69, 9.17) is 10.5 Å². The molecule has 0 radical (unpaired) electrons. The van der Waals surface area contributed by atoms with Crippen molar-refractivity contribution >= 4 is 17.2 Å². The van der Waals surface area contributed by atoms with Gasteiger partial charge in [-0.15, -0.1) is 0 Å². The number of nitrogen functional groups attached to an aromatic ring is 1. The van der Waals surface area contributed by atoms with E-state index >= 15 is 0 Å². The number of rotatable bonds is 5. The van der Waals surface area contributed by atoms with E-state index in [1.54, 1.807) is 6.07 Å². The Morgan fingerprint density at radius 3 is 2.45 bits per heavy atom. The SMILES string of the molecule is CCc1ccc(Nc2ccc(N)c(OC(C)C)n2)cc1. The van der Waals surface area contributed by atoms with E-state index in [0.717, 1.165) is 17.9 Å². The van der Waals surface area contributed by atoms with Crippen LogP contribution in [0, 0.1) is 0 Å². The molecule has 0 saturated carbocycles. The molecule has 4 heteroatoms. The van der Waals surface area contributed by atoms with Crippen molar-refractivity contribution in [3.05, 3.63) is 42.0 Å². The topological polar surface area (TPSA) is 60.2 Å². The smallest absolute Gasteiger partial charge is 0.239 e. The monoisotopic (exact) mass is 271 g/mol. The van der Waals surface area contributed by atoms with Crippen LogP contribution in [0.2, 0.25) is 0 Å². The number of nitrogens with zero attached hydrogens (tertiary/aromatic N) is 1. The van der Waals surface area contributed by atoms with E-state index in [0.29, 0.717) is 11.6 Å². The van der Waals surface area contributed by atoms with Crippen molar-refractivity contribution in [2.75, 3.05) is 11.1 Å². The lowest BCUT2D eigenvalue weighted by Crippen LogP contribution is -2.09. The van der Waals surface area contributed by atoms with Crippen LogP contribution in [0.3, 0.4) is 0 Å². The molecular formula is C16H21N3O. The fourth-order valence-electron chi connectivity index (χ4n) is 1.81. The summed E-state index contributed by atoms with van der Waals surface area (Å²) >= 11 is 0. The van der Waals surface area contributed by atoms with Gasteiger partial charge >= 0.3 is 0 Å². The average Bonchev–Trinajstić information content (AvgIpc) is 2.43. The van der Waals surface area contributed by atoms with Crippen LogP contribution >= 0.6 is 0 Å². The third-order valence-corrected chi connectivity index (χ3v) is 2.87. The zero-order chi connectivity index (χ0) is 14.5. The normalized spacial score (nSPS) is 10.6. The van der Waals surface area contributed by atoms with E-state index in [-0.39, 0.29) is 6.10 Å². The van der Waals surface area contributed by atoms with Crippen LogP contribution in [0.25, 0.3) is 0 Å². The third-order valence-electron chi connectivity index (χ3n) is 2.87. The van der Waals surface area contributed by atoms with Gasteiger partial charge in [-0.25, -0.2) is 0 Å². The number of aryl methyl sites for hydroxylation is 1. The summed E-state index contributed by atoms with van der Waals surface area (Å²) in [5.41, 5.74) is 8.71. The highest BCUT2D eigenvalue weighted by atomic mass is 16.5. The first-order valence-electron chi connectivity index (χ1n) is 6.87. The molecule has 0 atom stereocenters.